The summed E-state index contributed by atoms with van der Waals surface area (Å²) in [6.45, 7) is 7.30. The van der Waals surface area contributed by atoms with Crippen LogP contribution >= 0.6 is 0 Å². The molecule has 4 fully saturated rings. The maximum Gasteiger partial charge on any atom is 1.00 e. The molecule has 0 spiro atoms. The Morgan fingerprint density at radius 2 is 1.71 bits per heavy atom. The largest absolute Gasteiger partial charge is 1.00 e. The molecule has 4 saturated carbocycles. The van der Waals surface area contributed by atoms with Gasteiger partial charge in [-0.15, -0.1) is 0 Å². The Balaban J connectivity index is 0.00000272. The molecule has 4 aliphatic rings. The number of aliphatic hydroxyl groups is 2. The minimum Gasteiger partial charge on any atom is -0.726 e. The second kappa shape index (κ2) is 9.44. The Morgan fingerprint density at radius 3 is 2.35 bits per heavy atom. The minimum absolute atomic E-state index is 0. The predicted octanol–water partition coefficient (Wildman–Crippen LogP) is 0.484. The van der Waals surface area contributed by atoms with Gasteiger partial charge >= 0.3 is 29.6 Å². The fourth-order valence-electron chi connectivity index (χ4n) is 8.82. The van der Waals surface area contributed by atoms with Gasteiger partial charge in [-0.3, -0.25) is 4.18 Å². The normalized spacial score (nSPS) is 48.1. The second-order valence-corrected chi connectivity index (χ2v) is 12.4. The second-order valence-electron chi connectivity index (χ2n) is 11.4. The van der Waals surface area contributed by atoms with Crippen LogP contribution in [0, 0.1) is 46.3 Å². The molecule has 174 valence electrons. The van der Waals surface area contributed by atoms with Crippen molar-refractivity contribution in [1.29, 1.82) is 0 Å². The van der Waals surface area contributed by atoms with Crippen molar-refractivity contribution in [1.82, 2.24) is 0 Å². The third-order valence-electron chi connectivity index (χ3n) is 10.2. The van der Waals surface area contributed by atoms with Crippen molar-refractivity contribution in [3.63, 3.8) is 0 Å². The summed E-state index contributed by atoms with van der Waals surface area (Å²) in [5, 5.41) is 20.8. The van der Waals surface area contributed by atoms with Crippen LogP contribution in [-0.4, -0.2) is 42.0 Å². The third-order valence-corrected chi connectivity index (χ3v) is 10.7. The van der Waals surface area contributed by atoms with Crippen LogP contribution in [0.3, 0.4) is 0 Å². The van der Waals surface area contributed by atoms with E-state index in [0.29, 0.717) is 48.9 Å². The SMILES string of the molecule is C[C@H](CCO)[C@H]1CC[C@H]2[C@@H]3[C@@H](O)C[C@@H]4C[C@H](OS(=O)(=O)[O-])CC[C@]4(C)[C@H]3CC[C@]12C.[Na+]. The van der Waals surface area contributed by atoms with Crippen molar-refractivity contribution >= 4 is 10.4 Å². The van der Waals surface area contributed by atoms with Crippen LogP contribution in [0.2, 0.25) is 0 Å². The minimum atomic E-state index is -4.69. The topological polar surface area (TPSA) is 107 Å². The summed E-state index contributed by atoms with van der Waals surface area (Å²) in [4.78, 5) is 0. The van der Waals surface area contributed by atoms with E-state index in [1.807, 2.05) is 0 Å². The molecule has 6 nitrogen and oxygen atoms in total. The van der Waals surface area contributed by atoms with Crippen LogP contribution in [0.1, 0.15) is 78.6 Å². The van der Waals surface area contributed by atoms with Crippen LogP contribution in [0.25, 0.3) is 0 Å². The third kappa shape index (κ3) is 4.69. The number of fused-ring (bicyclic) bond motifs is 5. The van der Waals surface area contributed by atoms with Crippen molar-refractivity contribution < 1.29 is 56.9 Å². The summed E-state index contributed by atoms with van der Waals surface area (Å²) in [5.41, 5.74) is 0.309. The van der Waals surface area contributed by atoms with Crippen molar-refractivity contribution in [3.8, 4) is 0 Å². The van der Waals surface area contributed by atoms with E-state index in [1.54, 1.807) is 0 Å². The quantitative estimate of drug-likeness (QED) is 0.347. The summed E-state index contributed by atoms with van der Waals surface area (Å²) in [6.07, 6.45) is 7.27. The van der Waals surface area contributed by atoms with Gasteiger partial charge in [0, 0.05) is 6.61 Å². The summed E-state index contributed by atoms with van der Waals surface area (Å²) in [5.74, 6) is 2.58. The summed E-state index contributed by atoms with van der Waals surface area (Å²) < 4.78 is 38.1. The van der Waals surface area contributed by atoms with Gasteiger partial charge in [0.1, 0.15) is 0 Å². The van der Waals surface area contributed by atoms with E-state index in [2.05, 4.69) is 20.8 Å². The number of rotatable bonds is 5. The molecule has 0 radical (unpaired) electrons. The summed E-state index contributed by atoms with van der Waals surface area (Å²) in [6, 6.07) is 0. The first-order valence-corrected chi connectivity index (χ1v) is 13.3. The van der Waals surface area contributed by atoms with Gasteiger partial charge in [-0.05, 0) is 104 Å². The zero-order chi connectivity index (χ0) is 21.9. The molecule has 0 bridgehead atoms. The Labute approximate surface area is 210 Å². The molecule has 8 heteroatoms. The number of hydrogen-bond acceptors (Lipinski definition) is 6. The van der Waals surface area contributed by atoms with E-state index >= 15 is 0 Å². The number of aliphatic hydroxyl groups excluding tert-OH is 2. The Bertz CT molecular complexity index is 746. The van der Waals surface area contributed by atoms with E-state index in [-0.39, 0.29) is 59.0 Å². The number of hydrogen-bond donors (Lipinski definition) is 2. The van der Waals surface area contributed by atoms with Crippen molar-refractivity contribution in [3.05, 3.63) is 0 Å². The van der Waals surface area contributed by atoms with E-state index in [4.69, 9.17) is 4.18 Å². The van der Waals surface area contributed by atoms with Gasteiger partial charge < -0.3 is 14.8 Å². The summed E-state index contributed by atoms with van der Waals surface area (Å²) in [7, 11) is -4.69. The molecular formula is C23H39NaO6S. The van der Waals surface area contributed by atoms with E-state index in [0.717, 1.165) is 25.7 Å². The predicted molar refractivity (Wildman–Crippen MR) is 112 cm³/mol. The molecule has 4 aliphatic carbocycles. The maximum atomic E-state index is 11.3. The van der Waals surface area contributed by atoms with Gasteiger partial charge in [0.2, 0.25) is 10.4 Å². The zero-order valence-corrected chi connectivity index (χ0v) is 22.4. The molecule has 0 aromatic carbocycles. The fraction of sp³-hybridized carbons (Fsp3) is 1.00. The van der Waals surface area contributed by atoms with Gasteiger partial charge in [-0.1, -0.05) is 20.8 Å². The van der Waals surface area contributed by atoms with Crippen LogP contribution < -0.4 is 29.6 Å². The monoisotopic (exact) mass is 466 g/mol. The molecule has 0 aromatic rings. The van der Waals surface area contributed by atoms with Crippen LogP contribution in [0.4, 0.5) is 0 Å². The average Bonchev–Trinajstić information content (AvgIpc) is 2.99. The van der Waals surface area contributed by atoms with E-state index in [9.17, 15) is 23.2 Å². The molecule has 0 unspecified atom stereocenters. The van der Waals surface area contributed by atoms with Crippen molar-refractivity contribution in [2.45, 2.75) is 90.8 Å². The Morgan fingerprint density at radius 1 is 1.06 bits per heavy atom. The van der Waals surface area contributed by atoms with Crippen LogP contribution in [0.5, 0.6) is 0 Å². The molecule has 10 atom stereocenters. The molecule has 0 heterocycles. The molecule has 0 aliphatic heterocycles. The van der Waals surface area contributed by atoms with Gasteiger partial charge in [-0.2, -0.15) is 0 Å². The van der Waals surface area contributed by atoms with E-state index < -0.39 is 16.5 Å². The van der Waals surface area contributed by atoms with E-state index in [1.165, 1.54) is 12.8 Å². The first kappa shape index (κ1) is 26.4. The van der Waals surface area contributed by atoms with Gasteiger partial charge in [0.15, 0.2) is 0 Å². The van der Waals surface area contributed by atoms with Gasteiger partial charge in [-0.25, -0.2) is 8.42 Å². The average molecular weight is 467 g/mol. The first-order valence-electron chi connectivity index (χ1n) is 11.9. The van der Waals surface area contributed by atoms with Crippen LogP contribution in [0.15, 0.2) is 0 Å². The van der Waals surface area contributed by atoms with Crippen LogP contribution in [-0.2, 0) is 14.6 Å². The smallest absolute Gasteiger partial charge is 0.726 e. The standard InChI is InChI=1S/C23H40O6S.Na/c1-14(8-11-24)17-4-5-18-21-19(7-10-23(17,18)3)22(2)9-6-16(29-30(26,27)28)12-15(22)13-20(21)25;/h14-21,24-25H,4-13H2,1-3H3,(H,26,27,28);/q;+1/p-1/t14-,15+,16-,17-,18+,19+,20+,21+,22+,23-;/m1./s1. The Kier molecular flexibility index (Phi) is 8.04. The Hall–Kier alpha value is 0.790. The van der Waals surface area contributed by atoms with Gasteiger partial charge in [0.05, 0.1) is 12.2 Å². The molecule has 31 heavy (non-hydrogen) atoms. The van der Waals surface area contributed by atoms with Crippen molar-refractivity contribution in [2.75, 3.05) is 6.61 Å². The maximum absolute atomic E-state index is 11.3. The van der Waals surface area contributed by atoms with Crippen molar-refractivity contribution in [2.24, 2.45) is 46.3 Å². The molecular weight excluding hydrogens is 427 g/mol. The first-order chi connectivity index (χ1) is 14.0. The molecule has 2 N–H and O–H groups in total. The molecule has 4 rings (SSSR count). The van der Waals surface area contributed by atoms with Gasteiger partial charge in [0.25, 0.3) is 0 Å². The molecule has 0 amide bonds. The zero-order valence-electron chi connectivity index (χ0n) is 19.6. The molecule has 0 saturated heterocycles. The summed E-state index contributed by atoms with van der Waals surface area (Å²) >= 11 is 0. The fourth-order valence-corrected chi connectivity index (χ4v) is 9.33. The molecule has 0 aromatic heterocycles.